The van der Waals surface area contributed by atoms with E-state index in [1.165, 1.54) is 29.4 Å². The molecule has 4 nitrogen and oxygen atoms in total. The summed E-state index contributed by atoms with van der Waals surface area (Å²) in [7, 11) is 0. The number of nitrogens with zero attached hydrogens (tertiary/aromatic N) is 1. The summed E-state index contributed by atoms with van der Waals surface area (Å²) in [6, 6.07) is 9.33. The third kappa shape index (κ3) is 2.58. The van der Waals surface area contributed by atoms with Crippen molar-refractivity contribution >= 4 is 17.7 Å². The van der Waals surface area contributed by atoms with E-state index in [2.05, 4.69) is 10.2 Å². The quantitative estimate of drug-likeness (QED) is 0.848. The summed E-state index contributed by atoms with van der Waals surface area (Å²) < 4.78 is 0. The van der Waals surface area contributed by atoms with Crippen LogP contribution in [0.1, 0.15) is 34.9 Å². The molecular weight excluding hydrogens is 272 g/mol. The number of aromatic amines is 1. The first-order valence-electron chi connectivity index (χ1n) is 6.76. The number of H-pyrrole nitrogens is 1. The van der Waals surface area contributed by atoms with Gasteiger partial charge in [0.15, 0.2) is 0 Å². The van der Waals surface area contributed by atoms with Crippen molar-refractivity contribution in [3.63, 3.8) is 0 Å². The number of carboxylic acids is 1. The molecule has 0 saturated heterocycles. The number of rotatable bonds is 4. The highest BCUT2D eigenvalue weighted by Gasteiger charge is 2.25. The fourth-order valence-corrected chi connectivity index (χ4v) is 3.63. The van der Waals surface area contributed by atoms with Gasteiger partial charge in [0.05, 0.1) is 0 Å². The Morgan fingerprint density at radius 1 is 1.25 bits per heavy atom. The van der Waals surface area contributed by atoms with Crippen molar-refractivity contribution in [3.8, 4) is 0 Å². The Labute approximate surface area is 121 Å². The number of aryl methyl sites for hydroxylation is 1. The van der Waals surface area contributed by atoms with Crippen LogP contribution < -0.4 is 0 Å². The molecule has 1 aliphatic carbocycles. The van der Waals surface area contributed by atoms with E-state index in [1.807, 2.05) is 30.3 Å². The van der Waals surface area contributed by atoms with Crippen molar-refractivity contribution in [2.75, 3.05) is 0 Å². The van der Waals surface area contributed by atoms with Gasteiger partial charge in [0, 0.05) is 11.3 Å². The molecular formula is C15H16N2O2S. The summed E-state index contributed by atoms with van der Waals surface area (Å²) in [4.78, 5) is 11.5. The van der Waals surface area contributed by atoms with E-state index in [-0.39, 0.29) is 0 Å². The molecule has 0 aliphatic heterocycles. The maximum atomic E-state index is 11.5. The molecule has 0 spiro atoms. The summed E-state index contributed by atoms with van der Waals surface area (Å²) in [5.41, 5.74) is 3.19. The summed E-state index contributed by atoms with van der Waals surface area (Å²) >= 11 is 1.33. The average Bonchev–Trinajstić information content (AvgIpc) is 2.88. The molecule has 104 valence electrons. The van der Waals surface area contributed by atoms with Crippen molar-refractivity contribution in [3.05, 3.63) is 47.2 Å². The molecule has 1 heterocycles. The molecule has 0 unspecified atom stereocenters. The standard InChI is InChI=1S/C15H16N2O2S/c18-15(19)13(10-6-2-1-3-7-10)20-14-11-8-4-5-9-12(11)16-17-14/h1-3,6-7,13H,4-5,8-9H2,(H,16,17)(H,18,19)/t13-/m0/s1. The number of thioether (sulfide) groups is 1. The average molecular weight is 288 g/mol. The van der Waals surface area contributed by atoms with E-state index in [0.717, 1.165) is 29.9 Å². The van der Waals surface area contributed by atoms with Crippen molar-refractivity contribution in [2.45, 2.75) is 36.0 Å². The molecule has 3 rings (SSSR count). The zero-order chi connectivity index (χ0) is 13.9. The molecule has 5 heteroatoms. The summed E-state index contributed by atoms with van der Waals surface area (Å²) in [5, 5.41) is 17.1. The molecule has 0 radical (unpaired) electrons. The number of fused-ring (bicyclic) bond motifs is 1. The predicted octanol–water partition coefficient (Wildman–Crippen LogP) is 3.21. The van der Waals surface area contributed by atoms with Crippen LogP contribution in [0.3, 0.4) is 0 Å². The van der Waals surface area contributed by atoms with E-state index >= 15 is 0 Å². The van der Waals surface area contributed by atoms with Gasteiger partial charge in [-0.05, 0) is 31.2 Å². The Hall–Kier alpha value is -1.75. The number of nitrogens with one attached hydrogen (secondary N) is 1. The van der Waals surface area contributed by atoms with Crippen molar-refractivity contribution < 1.29 is 9.90 Å². The minimum atomic E-state index is -0.825. The van der Waals surface area contributed by atoms with Gasteiger partial charge in [-0.2, -0.15) is 5.10 Å². The van der Waals surface area contributed by atoms with Crippen LogP contribution in [0.15, 0.2) is 35.4 Å². The number of benzene rings is 1. The molecule has 1 aliphatic rings. The second kappa shape index (κ2) is 5.71. The lowest BCUT2D eigenvalue weighted by molar-refractivity contribution is -0.136. The summed E-state index contributed by atoms with van der Waals surface area (Å²) in [6.07, 6.45) is 4.35. The van der Waals surface area contributed by atoms with Gasteiger partial charge in [-0.15, -0.1) is 0 Å². The number of aliphatic carboxylic acids is 1. The predicted molar refractivity (Wildman–Crippen MR) is 77.9 cm³/mol. The van der Waals surface area contributed by atoms with Crippen molar-refractivity contribution in [2.24, 2.45) is 0 Å². The number of carbonyl (C=O) groups is 1. The molecule has 0 saturated carbocycles. The molecule has 20 heavy (non-hydrogen) atoms. The first kappa shape index (κ1) is 13.2. The van der Waals surface area contributed by atoms with Crippen LogP contribution in [0.2, 0.25) is 0 Å². The monoisotopic (exact) mass is 288 g/mol. The van der Waals surface area contributed by atoms with Gasteiger partial charge in [0.2, 0.25) is 0 Å². The van der Waals surface area contributed by atoms with E-state index in [0.29, 0.717) is 0 Å². The first-order valence-corrected chi connectivity index (χ1v) is 7.64. The summed E-state index contributed by atoms with van der Waals surface area (Å²) in [6.45, 7) is 0. The van der Waals surface area contributed by atoms with Crippen molar-refractivity contribution in [1.29, 1.82) is 0 Å². The minimum absolute atomic E-state index is 0.606. The molecule has 1 aromatic carbocycles. The molecule has 0 amide bonds. The third-order valence-electron chi connectivity index (χ3n) is 3.57. The molecule has 2 N–H and O–H groups in total. The molecule has 0 fully saturated rings. The van der Waals surface area contributed by atoms with Crippen LogP contribution in [0.5, 0.6) is 0 Å². The van der Waals surface area contributed by atoms with E-state index in [9.17, 15) is 9.90 Å². The smallest absolute Gasteiger partial charge is 0.321 e. The Morgan fingerprint density at radius 3 is 2.75 bits per heavy atom. The van der Waals surface area contributed by atoms with Gasteiger partial charge < -0.3 is 5.11 Å². The van der Waals surface area contributed by atoms with Crippen molar-refractivity contribution in [1.82, 2.24) is 10.2 Å². The number of aromatic nitrogens is 2. The lowest BCUT2D eigenvalue weighted by atomic mass is 9.99. The van der Waals surface area contributed by atoms with Crippen LogP contribution in [-0.4, -0.2) is 21.3 Å². The lowest BCUT2D eigenvalue weighted by Gasteiger charge is -2.14. The number of carboxylic acid groups (broad SMARTS) is 1. The van der Waals surface area contributed by atoms with Crippen LogP contribution in [0.25, 0.3) is 0 Å². The number of hydrogen-bond acceptors (Lipinski definition) is 3. The highest BCUT2D eigenvalue weighted by Crippen LogP contribution is 2.38. The fourth-order valence-electron chi connectivity index (χ4n) is 2.55. The topological polar surface area (TPSA) is 66.0 Å². The van der Waals surface area contributed by atoms with Gasteiger partial charge in [-0.1, -0.05) is 42.1 Å². The minimum Gasteiger partial charge on any atom is -0.480 e. The maximum absolute atomic E-state index is 11.5. The molecule has 1 atom stereocenters. The molecule has 0 bridgehead atoms. The Balaban J connectivity index is 1.88. The first-order chi connectivity index (χ1) is 9.75. The van der Waals surface area contributed by atoms with Gasteiger partial charge in [0.1, 0.15) is 10.3 Å². The Morgan fingerprint density at radius 2 is 2.00 bits per heavy atom. The van der Waals surface area contributed by atoms with Gasteiger partial charge >= 0.3 is 5.97 Å². The van der Waals surface area contributed by atoms with Crippen LogP contribution in [-0.2, 0) is 17.6 Å². The van der Waals surface area contributed by atoms with E-state index in [4.69, 9.17) is 0 Å². The van der Waals surface area contributed by atoms with Gasteiger partial charge in [0.25, 0.3) is 0 Å². The Kier molecular flexibility index (Phi) is 3.78. The lowest BCUT2D eigenvalue weighted by Crippen LogP contribution is -2.08. The molecule has 1 aromatic heterocycles. The second-order valence-corrected chi connectivity index (χ2v) is 6.03. The Bertz CT molecular complexity index is 610. The van der Waals surface area contributed by atoms with E-state index in [1.54, 1.807) is 0 Å². The number of hydrogen-bond donors (Lipinski definition) is 2. The maximum Gasteiger partial charge on any atom is 0.321 e. The van der Waals surface area contributed by atoms with E-state index < -0.39 is 11.2 Å². The fraction of sp³-hybridized carbons (Fsp3) is 0.333. The summed E-state index contributed by atoms with van der Waals surface area (Å²) in [5.74, 6) is -0.825. The highest BCUT2D eigenvalue weighted by molar-refractivity contribution is 8.00. The van der Waals surface area contributed by atoms with Crippen LogP contribution in [0.4, 0.5) is 0 Å². The van der Waals surface area contributed by atoms with Gasteiger partial charge in [-0.3, -0.25) is 9.89 Å². The van der Waals surface area contributed by atoms with Crippen LogP contribution >= 0.6 is 11.8 Å². The third-order valence-corrected chi connectivity index (χ3v) is 4.84. The van der Waals surface area contributed by atoms with Gasteiger partial charge in [-0.25, -0.2) is 0 Å². The zero-order valence-corrected chi connectivity index (χ0v) is 11.8. The zero-order valence-electron chi connectivity index (χ0n) is 11.0. The normalized spacial score (nSPS) is 15.6. The highest BCUT2D eigenvalue weighted by atomic mass is 32.2. The van der Waals surface area contributed by atoms with Crippen LogP contribution in [0, 0.1) is 0 Å². The molecule has 2 aromatic rings. The SMILES string of the molecule is O=C(O)[C@@H](Sc1n[nH]c2c1CCCC2)c1ccccc1. The largest absolute Gasteiger partial charge is 0.480 e. The second-order valence-electron chi connectivity index (χ2n) is 4.94.